The molecule has 10 nitrogen and oxygen atoms in total. The van der Waals surface area contributed by atoms with Crippen molar-refractivity contribution in [2.75, 3.05) is 13.1 Å². The standard InChI is InChI=1S/C8H12N2O8/c1-5(11)17-7(3-9(13)14)8(4-10(15)16)18-6(2)12/h7-8H,3-4H2,1-2H3. The molecule has 0 rings (SSSR count). The van der Waals surface area contributed by atoms with E-state index in [1.165, 1.54) is 0 Å². The van der Waals surface area contributed by atoms with Crippen molar-refractivity contribution in [3.63, 3.8) is 0 Å². The minimum absolute atomic E-state index is 0.815. The van der Waals surface area contributed by atoms with Gasteiger partial charge in [-0.3, -0.25) is 29.8 Å². The summed E-state index contributed by atoms with van der Waals surface area (Å²) in [6.45, 7) is 0.213. The van der Waals surface area contributed by atoms with Crippen molar-refractivity contribution in [1.82, 2.24) is 0 Å². The fraction of sp³-hybridized carbons (Fsp3) is 0.750. The number of esters is 2. The van der Waals surface area contributed by atoms with Crippen molar-refractivity contribution in [3.8, 4) is 0 Å². The van der Waals surface area contributed by atoms with Crippen LogP contribution in [0, 0.1) is 20.2 Å². The second kappa shape index (κ2) is 7.14. The monoisotopic (exact) mass is 264 g/mol. The van der Waals surface area contributed by atoms with E-state index in [4.69, 9.17) is 0 Å². The molecular formula is C8H12N2O8. The van der Waals surface area contributed by atoms with Crippen molar-refractivity contribution >= 4 is 11.9 Å². The Balaban J connectivity index is 4.90. The largest absolute Gasteiger partial charge is 0.451 e. The number of hydrogen-bond donors (Lipinski definition) is 0. The van der Waals surface area contributed by atoms with E-state index in [-0.39, 0.29) is 0 Å². The van der Waals surface area contributed by atoms with Gasteiger partial charge >= 0.3 is 11.9 Å². The first-order chi connectivity index (χ1) is 8.22. The Bertz CT molecular complexity index is 289. The van der Waals surface area contributed by atoms with Gasteiger partial charge in [0.1, 0.15) is 0 Å². The van der Waals surface area contributed by atoms with Gasteiger partial charge in [0, 0.05) is 23.7 Å². The lowest BCUT2D eigenvalue weighted by Crippen LogP contribution is -2.43. The molecule has 0 aliphatic heterocycles. The highest BCUT2D eigenvalue weighted by atomic mass is 16.6. The molecule has 2 atom stereocenters. The first kappa shape index (κ1) is 15.7. The van der Waals surface area contributed by atoms with E-state index in [0.29, 0.717) is 0 Å². The van der Waals surface area contributed by atoms with Gasteiger partial charge in [-0.15, -0.1) is 0 Å². The lowest BCUT2D eigenvalue weighted by atomic mass is 10.2. The Morgan fingerprint density at radius 3 is 1.39 bits per heavy atom. The van der Waals surface area contributed by atoms with Crippen LogP contribution in [0.1, 0.15) is 13.8 Å². The van der Waals surface area contributed by atoms with E-state index in [1.807, 2.05) is 0 Å². The predicted molar refractivity (Wildman–Crippen MR) is 54.8 cm³/mol. The van der Waals surface area contributed by atoms with E-state index >= 15 is 0 Å². The molecule has 0 spiro atoms. The second-order valence-electron chi connectivity index (χ2n) is 3.33. The number of rotatable bonds is 7. The van der Waals surface area contributed by atoms with Crippen molar-refractivity contribution in [2.24, 2.45) is 0 Å². The molecule has 0 aromatic heterocycles. The van der Waals surface area contributed by atoms with E-state index in [2.05, 4.69) is 9.47 Å². The van der Waals surface area contributed by atoms with Gasteiger partial charge in [-0.2, -0.15) is 0 Å². The van der Waals surface area contributed by atoms with Gasteiger partial charge in [0.05, 0.1) is 0 Å². The Labute approximate surface area is 101 Å². The molecule has 0 radical (unpaired) electrons. The Hall–Kier alpha value is -2.26. The molecule has 0 amide bonds. The van der Waals surface area contributed by atoms with Crippen LogP contribution in [-0.4, -0.2) is 47.1 Å². The Morgan fingerprint density at radius 1 is 0.944 bits per heavy atom. The fourth-order valence-electron chi connectivity index (χ4n) is 1.18. The average molecular weight is 264 g/mol. The number of nitro groups is 2. The second-order valence-corrected chi connectivity index (χ2v) is 3.33. The van der Waals surface area contributed by atoms with E-state index < -0.39 is 47.1 Å². The van der Waals surface area contributed by atoms with Crippen molar-refractivity contribution in [3.05, 3.63) is 20.2 Å². The highest BCUT2D eigenvalue weighted by Crippen LogP contribution is 2.07. The summed E-state index contributed by atoms with van der Waals surface area (Å²) in [4.78, 5) is 40.6. The first-order valence-corrected chi connectivity index (χ1v) is 4.80. The Morgan fingerprint density at radius 2 is 1.22 bits per heavy atom. The summed E-state index contributed by atoms with van der Waals surface area (Å²) >= 11 is 0. The van der Waals surface area contributed by atoms with Crippen molar-refractivity contribution < 1.29 is 28.9 Å². The molecule has 0 aliphatic carbocycles. The number of carbonyl (C=O) groups is 2. The molecule has 0 heterocycles. The molecule has 0 saturated heterocycles. The number of carbonyl (C=O) groups excluding carboxylic acids is 2. The summed E-state index contributed by atoms with van der Waals surface area (Å²) in [6, 6.07) is 0. The third kappa shape index (κ3) is 7.09. The highest BCUT2D eigenvalue weighted by Gasteiger charge is 2.35. The third-order valence-electron chi connectivity index (χ3n) is 1.71. The van der Waals surface area contributed by atoms with Gasteiger partial charge in [-0.05, 0) is 0 Å². The molecule has 0 bridgehead atoms. The van der Waals surface area contributed by atoms with E-state index in [0.717, 1.165) is 13.8 Å². The van der Waals surface area contributed by atoms with Crippen LogP contribution in [0.2, 0.25) is 0 Å². The minimum atomic E-state index is -1.49. The molecule has 0 aromatic rings. The normalized spacial score (nSPS) is 13.2. The fourth-order valence-corrected chi connectivity index (χ4v) is 1.18. The van der Waals surface area contributed by atoms with Gasteiger partial charge in [0.15, 0.2) is 0 Å². The van der Waals surface area contributed by atoms with Crippen LogP contribution < -0.4 is 0 Å². The maximum absolute atomic E-state index is 10.8. The van der Waals surface area contributed by atoms with Gasteiger partial charge < -0.3 is 9.47 Å². The van der Waals surface area contributed by atoms with Crippen LogP contribution in [0.15, 0.2) is 0 Å². The molecule has 102 valence electrons. The van der Waals surface area contributed by atoms with Crippen LogP contribution in [0.25, 0.3) is 0 Å². The summed E-state index contributed by atoms with van der Waals surface area (Å²) < 4.78 is 9.13. The van der Waals surface area contributed by atoms with Crippen LogP contribution in [0.5, 0.6) is 0 Å². The van der Waals surface area contributed by atoms with Gasteiger partial charge in [0.25, 0.3) is 0 Å². The third-order valence-corrected chi connectivity index (χ3v) is 1.71. The summed E-state index contributed by atoms with van der Waals surface area (Å²) in [7, 11) is 0. The van der Waals surface area contributed by atoms with Crippen molar-refractivity contribution in [2.45, 2.75) is 26.1 Å². The van der Waals surface area contributed by atoms with Crippen LogP contribution >= 0.6 is 0 Å². The molecule has 0 saturated carbocycles. The predicted octanol–water partition coefficient (Wildman–Crippen LogP) is -0.597. The molecule has 0 aliphatic rings. The zero-order valence-electron chi connectivity index (χ0n) is 9.73. The molecule has 10 heteroatoms. The minimum Gasteiger partial charge on any atom is -0.451 e. The smallest absolute Gasteiger partial charge is 0.303 e. The lowest BCUT2D eigenvalue weighted by Gasteiger charge is -2.20. The van der Waals surface area contributed by atoms with E-state index in [9.17, 15) is 29.8 Å². The zero-order chi connectivity index (χ0) is 14.3. The number of ether oxygens (including phenoxy) is 2. The maximum Gasteiger partial charge on any atom is 0.303 e. The Kier molecular flexibility index (Phi) is 6.24. The quantitative estimate of drug-likeness (QED) is 0.337. The maximum atomic E-state index is 10.8. The van der Waals surface area contributed by atoms with Crippen LogP contribution in [0.4, 0.5) is 0 Å². The average Bonchev–Trinajstić information content (AvgIpc) is 2.12. The van der Waals surface area contributed by atoms with E-state index in [1.54, 1.807) is 0 Å². The first-order valence-electron chi connectivity index (χ1n) is 4.80. The zero-order valence-corrected chi connectivity index (χ0v) is 9.73. The van der Waals surface area contributed by atoms with Gasteiger partial charge in [-0.1, -0.05) is 0 Å². The molecule has 18 heavy (non-hydrogen) atoms. The SMILES string of the molecule is CC(=O)OC(C[N+](=O)[O-])C(C[N+](=O)[O-])OC(C)=O. The topological polar surface area (TPSA) is 139 Å². The van der Waals surface area contributed by atoms with Crippen LogP contribution in [-0.2, 0) is 19.1 Å². The van der Waals surface area contributed by atoms with Gasteiger partial charge in [0.2, 0.25) is 25.3 Å². The molecule has 0 aromatic carbocycles. The highest BCUT2D eigenvalue weighted by molar-refractivity contribution is 5.67. The molecule has 2 unspecified atom stereocenters. The van der Waals surface area contributed by atoms with Crippen LogP contribution in [0.3, 0.4) is 0 Å². The summed E-state index contributed by atoms with van der Waals surface area (Å²) in [5.74, 6) is -1.72. The summed E-state index contributed by atoms with van der Waals surface area (Å²) in [6.07, 6.45) is -2.99. The number of hydrogen-bond acceptors (Lipinski definition) is 8. The number of nitrogens with zero attached hydrogens (tertiary/aromatic N) is 2. The molecule has 0 fully saturated rings. The molecule has 0 N–H and O–H groups in total. The van der Waals surface area contributed by atoms with Gasteiger partial charge in [-0.25, -0.2) is 0 Å². The van der Waals surface area contributed by atoms with Crippen molar-refractivity contribution in [1.29, 1.82) is 0 Å². The molecular weight excluding hydrogens is 252 g/mol. The summed E-state index contributed by atoms with van der Waals surface area (Å²) in [5.41, 5.74) is 0. The lowest BCUT2D eigenvalue weighted by molar-refractivity contribution is -0.511. The summed E-state index contributed by atoms with van der Waals surface area (Å²) in [5, 5.41) is 20.7.